The van der Waals surface area contributed by atoms with Crippen molar-refractivity contribution >= 4 is 36.0 Å². The molecule has 0 aliphatic rings. The predicted molar refractivity (Wildman–Crippen MR) is 73.9 cm³/mol. The van der Waals surface area contributed by atoms with E-state index in [0.717, 1.165) is 18.1 Å². The van der Waals surface area contributed by atoms with E-state index in [-0.39, 0.29) is 4.90 Å². The molecule has 17 heavy (non-hydrogen) atoms. The first-order chi connectivity index (χ1) is 7.48. The Morgan fingerprint density at radius 2 is 1.65 bits per heavy atom. The zero-order chi connectivity index (χ0) is 13.5. The van der Waals surface area contributed by atoms with Gasteiger partial charge in [-0.3, -0.25) is 4.21 Å². The fraction of sp³-hybridized carbons (Fsp3) is 0.333. The van der Waals surface area contributed by atoms with Crippen LogP contribution in [0.2, 0.25) is 0 Å². The largest absolute Gasteiger partial charge is 0.764 e. The van der Waals surface area contributed by atoms with E-state index in [1.54, 1.807) is 12.1 Å². The first-order valence-corrected chi connectivity index (χ1v) is 11.9. The maximum atomic E-state index is 12.3. The van der Waals surface area contributed by atoms with Gasteiger partial charge in [-0.2, -0.15) is 0 Å². The zero-order valence-corrected chi connectivity index (χ0v) is 12.8. The molecule has 0 amide bonds. The van der Waals surface area contributed by atoms with Crippen LogP contribution in [0.5, 0.6) is 0 Å². The molecule has 1 unspecified atom stereocenters. The Morgan fingerprint density at radius 1 is 1.24 bits per heavy atom. The Bertz CT molecular complexity index is 621. The predicted octanol–water partition coefficient (Wildman–Crippen LogP) is 0.889. The second kappa shape index (κ2) is 4.20. The fourth-order valence-electron chi connectivity index (χ4n) is 1.05. The topological polar surface area (TPSA) is 74.3 Å². The van der Waals surface area contributed by atoms with Crippen molar-refractivity contribution in [2.45, 2.75) is 11.8 Å². The van der Waals surface area contributed by atoms with Crippen LogP contribution in [0.25, 0.3) is 0 Å². The lowest BCUT2D eigenvalue weighted by molar-refractivity contribution is 0.552. The van der Waals surface area contributed by atoms with Crippen LogP contribution in [0.1, 0.15) is 5.56 Å². The maximum Gasteiger partial charge on any atom is 0.225 e. The number of benzene rings is 1. The van der Waals surface area contributed by atoms with Gasteiger partial charge in [0.25, 0.3) is 0 Å². The number of hydrogen-bond acceptors (Lipinski definition) is 5. The standard InChI is InChI=1S/C9H14O4S4/c1-8-4-6-9(7-5-8)16(12,13)17(2,3,14)15(10)11/h4-7H,1-3H3,(H,10,11)/p-1. The molecule has 1 aromatic carbocycles. The third-order valence-corrected chi connectivity index (χ3v) is 17.0. The van der Waals surface area contributed by atoms with Gasteiger partial charge in [-0.15, -0.1) is 0 Å². The zero-order valence-electron chi connectivity index (χ0n) is 9.58. The third kappa shape index (κ3) is 2.37. The average Bonchev–Trinajstić information content (AvgIpc) is 2.17. The maximum absolute atomic E-state index is 12.3. The fourth-order valence-corrected chi connectivity index (χ4v) is 7.34. The summed E-state index contributed by atoms with van der Waals surface area (Å²) in [5.41, 5.74) is 0.890. The van der Waals surface area contributed by atoms with E-state index in [1.807, 2.05) is 6.92 Å². The van der Waals surface area contributed by atoms with E-state index < -0.39 is 24.8 Å². The van der Waals surface area contributed by atoms with Crippen LogP contribution in [0.3, 0.4) is 0 Å². The van der Waals surface area contributed by atoms with Crippen LogP contribution in [0, 0.1) is 6.92 Å². The molecule has 0 radical (unpaired) electrons. The summed E-state index contributed by atoms with van der Waals surface area (Å²) < 4.78 is 46.9. The van der Waals surface area contributed by atoms with Crippen molar-refractivity contribution in [1.29, 1.82) is 0 Å². The van der Waals surface area contributed by atoms with E-state index in [1.165, 1.54) is 12.1 Å². The lowest BCUT2D eigenvalue weighted by Gasteiger charge is -2.38. The summed E-state index contributed by atoms with van der Waals surface area (Å²) in [6, 6.07) is 5.98. The van der Waals surface area contributed by atoms with Crippen LogP contribution >= 0.6 is 0 Å². The molecule has 0 spiro atoms. The van der Waals surface area contributed by atoms with Crippen molar-refractivity contribution in [1.82, 2.24) is 0 Å². The van der Waals surface area contributed by atoms with E-state index in [9.17, 15) is 17.2 Å². The number of aryl methyl sites for hydroxylation is 1. The molecule has 0 saturated heterocycles. The Kier molecular flexibility index (Phi) is 3.68. The van der Waals surface area contributed by atoms with Gasteiger partial charge in [0.2, 0.25) is 8.87 Å². The van der Waals surface area contributed by atoms with Crippen LogP contribution in [0.15, 0.2) is 29.2 Å². The molecule has 0 aromatic heterocycles. The lowest BCUT2D eigenvalue weighted by atomic mass is 10.2. The SMILES string of the molecule is Cc1ccc(S(=O)(=O)S(C)(C)(=S)S(=O)[O-])cc1. The highest BCUT2D eigenvalue weighted by Gasteiger charge is 2.39. The summed E-state index contributed by atoms with van der Waals surface area (Å²) in [6.07, 6.45) is 2.23. The Hall–Kier alpha value is -0.150. The second-order valence-corrected chi connectivity index (χ2v) is 22.1. The van der Waals surface area contributed by atoms with E-state index in [2.05, 4.69) is 0 Å². The first kappa shape index (κ1) is 14.9. The highest BCUT2D eigenvalue weighted by molar-refractivity contribution is 9.20. The molecule has 0 aliphatic carbocycles. The quantitative estimate of drug-likeness (QED) is 0.612. The lowest BCUT2D eigenvalue weighted by Crippen LogP contribution is -2.41. The number of hydrogen-bond donors (Lipinski definition) is 0. The molecule has 0 fully saturated rings. The van der Waals surface area contributed by atoms with Gasteiger partial charge >= 0.3 is 0 Å². The van der Waals surface area contributed by atoms with Crippen molar-refractivity contribution in [2.75, 3.05) is 12.5 Å². The molecule has 0 bridgehead atoms. The average molecular weight is 313 g/mol. The molecule has 0 saturated carbocycles. The summed E-state index contributed by atoms with van der Waals surface area (Å²) >= 11 is 4.93. The van der Waals surface area contributed by atoms with Gasteiger partial charge in [0.15, 0.2) is 0 Å². The minimum absolute atomic E-state index is 0.0469. The summed E-state index contributed by atoms with van der Waals surface area (Å²) in [6.45, 7) is 1.81. The van der Waals surface area contributed by atoms with Gasteiger partial charge < -0.3 is 4.55 Å². The van der Waals surface area contributed by atoms with Crippen LogP contribution in [-0.2, 0) is 36.0 Å². The van der Waals surface area contributed by atoms with E-state index in [4.69, 9.17) is 11.2 Å². The van der Waals surface area contributed by atoms with Gasteiger partial charge in [-0.05, 0) is 48.5 Å². The number of rotatable bonds is 3. The van der Waals surface area contributed by atoms with Crippen molar-refractivity contribution < 1.29 is 17.2 Å². The molecular weight excluding hydrogens is 300 g/mol. The van der Waals surface area contributed by atoms with Gasteiger partial charge in [0.05, 0.1) is 4.90 Å². The minimum atomic E-state index is -4.04. The van der Waals surface area contributed by atoms with Crippen molar-refractivity contribution in [3.8, 4) is 0 Å². The molecule has 0 heterocycles. The Balaban J connectivity index is 3.56. The molecule has 4 nitrogen and oxygen atoms in total. The van der Waals surface area contributed by atoms with Crippen LogP contribution in [-0.4, -0.2) is 29.7 Å². The molecule has 8 heteroatoms. The first-order valence-electron chi connectivity index (χ1n) is 4.51. The summed E-state index contributed by atoms with van der Waals surface area (Å²) in [5.74, 6) is -4.00. The van der Waals surface area contributed by atoms with Gasteiger partial charge in [0.1, 0.15) is 0 Å². The van der Waals surface area contributed by atoms with Crippen molar-refractivity contribution in [3.63, 3.8) is 0 Å². The summed E-state index contributed by atoms with van der Waals surface area (Å²) in [7, 11) is -6.88. The van der Waals surface area contributed by atoms with E-state index in [0.29, 0.717) is 0 Å². The Labute approximate surface area is 107 Å². The molecular formula is C9H13O4S4-. The van der Waals surface area contributed by atoms with Gasteiger partial charge in [0, 0.05) is 10.1 Å². The van der Waals surface area contributed by atoms with Gasteiger partial charge in [-0.25, -0.2) is 8.42 Å². The summed E-state index contributed by atoms with van der Waals surface area (Å²) in [5, 5.41) is 0. The third-order valence-electron chi connectivity index (χ3n) is 2.31. The molecule has 0 N–H and O–H groups in total. The van der Waals surface area contributed by atoms with E-state index >= 15 is 0 Å². The molecule has 98 valence electrons. The molecule has 1 aromatic rings. The van der Waals surface area contributed by atoms with Crippen LogP contribution in [0.4, 0.5) is 0 Å². The highest BCUT2D eigenvalue weighted by atomic mass is 33.7. The molecule has 1 rings (SSSR count). The van der Waals surface area contributed by atoms with Crippen molar-refractivity contribution in [2.24, 2.45) is 0 Å². The Morgan fingerprint density at radius 3 is 2.00 bits per heavy atom. The minimum Gasteiger partial charge on any atom is -0.764 e. The molecule has 1 atom stereocenters. The second-order valence-electron chi connectivity index (χ2n) is 4.08. The van der Waals surface area contributed by atoms with Crippen molar-refractivity contribution in [3.05, 3.63) is 29.8 Å². The normalized spacial score (nSPS) is 17.1. The van der Waals surface area contributed by atoms with Gasteiger partial charge in [-0.1, -0.05) is 17.7 Å². The summed E-state index contributed by atoms with van der Waals surface area (Å²) in [4.78, 5) is -0.0469. The van der Waals surface area contributed by atoms with Crippen LogP contribution < -0.4 is 0 Å². The molecule has 0 aliphatic heterocycles. The monoisotopic (exact) mass is 313 g/mol. The highest BCUT2D eigenvalue weighted by Crippen LogP contribution is 2.36. The smallest absolute Gasteiger partial charge is 0.225 e.